The van der Waals surface area contributed by atoms with Gasteiger partial charge in [-0.25, -0.2) is 4.98 Å². The maximum absolute atomic E-state index is 12.1. The molecule has 0 bridgehead atoms. The first-order valence-electron chi connectivity index (χ1n) is 6.08. The first-order chi connectivity index (χ1) is 8.74. The summed E-state index contributed by atoms with van der Waals surface area (Å²) in [6, 6.07) is 2.38. The molecule has 5 nitrogen and oxygen atoms in total. The molecule has 1 amide bonds. The van der Waals surface area contributed by atoms with E-state index in [0.717, 1.165) is 30.3 Å². The summed E-state index contributed by atoms with van der Waals surface area (Å²) in [5, 5.41) is 4.17. The molecular formula is C12H11ClN4O. The number of aromatic nitrogens is 3. The molecule has 2 aromatic rings. The van der Waals surface area contributed by atoms with E-state index in [-0.39, 0.29) is 17.2 Å². The highest BCUT2D eigenvalue weighted by molar-refractivity contribution is 6.28. The molecule has 1 saturated carbocycles. The average molecular weight is 263 g/mol. The predicted molar refractivity (Wildman–Crippen MR) is 66.7 cm³/mol. The van der Waals surface area contributed by atoms with Crippen LogP contribution in [0.1, 0.15) is 35.8 Å². The second kappa shape index (κ2) is 3.45. The van der Waals surface area contributed by atoms with E-state index in [4.69, 9.17) is 11.6 Å². The second-order valence-corrected chi connectivity index (χ2v) is 5.23. The third-order valence-electron chi connectivity index (χ3n) is 3.91. The zero-order valence-corrected chi connectivity index (χ0v) is 10.3. The summed E-state index contributed by atoms with van der Waals surface area (Å²) < 4.78 is 2.04. The van der Waals surface area contributed by atoms with Gasteiger partial charge < -0.3 is 9.88 Å². The molecule has 6 heteroatoms. The minimum atomic E-state index is -0.0210. The molecule has 2 atom stereocenters. The lowest BCUT2D eigenvalue weighted by molar-refractivity contribution is 0.0891. The van der Waals surface area contributed by atoms with Crippen LogP contribution in [0.15, 0.2) is 12.3 Å². The molecule has 4 rings (SSSR count). The van der Waals surface area contributed by atoms with Crippen molar-refractivity contribution in [2.45, 2.75) is 31.3 Å². The van der Waals surface area contributed by atoms with Gasteiger partial charge in [-0.05, 0) is 36.9 Å². The fourth-order valence-corrected chi connectivity index (χ4v) is 3.29. The molecule has 1 N–H and O–H groups in total. The standard InChI is InChI=1S/C12H11ClN4O/c13-12-14-5-6-4-9-11(18)15-7-2-1-3-8(7)17(9)10(6)16-12/h4-5,7-8H,1-3H2,(H,15,18)/t7-,8-/m0/s1. The Balaban J connectivity index is 2.04. The van der Waals surface area contributed by atoms with Crippen LogP contribution >= 0.6 is 11.6 Å². The molecule has 18 heavy (non-hydrogen) atoms. The summed E-state index contributed by atoms with van der Waals surface area (Å²) in [5.74, 6) is -0.0210. The topological polar surface area (TPSA) is 59.8 Å². The van der Waals surface area contributed by atoms with Crippen LogP contribution < -0.4 is 5.32 Å². The van der Waals surface area contributed by atoms with Crippen LogP contribution in [0, 0.1) is 0 Å². The third kappa shape index (κ3) is 1.25. The zero-order valence-electron chi connectivity index (χ0n) is 9.56. The lowest BCUT2D eigenvalue weighted by atomic mass is 10.1. The van der Waals surface area contributed by atoms with Crippen molar-refractivity contribution in [2.75, 3.05) is 0 Å². The molecule has 0 spiro atoms. The molecule has 0 unspecified atom stereocenters. The maximum atomic E-state index is 12.1. The van der Waals surface area contributed by atoms with Crippen LogP contribution in [0.4, 0.5) is 0 Å². The molecule has 2 aliphatic rings. The van der Waals surface area contributed by atoms with E-state index in [1.54, 1.807) is 6.20 Å². The molecule has 1 fully saturated rings. The third-order valence-corrected chi connectivity index (χ3v) is 4.09. The van der Waals surface area contributed by atoms with Gasteiger partial charge in [0.1, 0.15) is 11.3 Å². The van der Waals surface area contributed by atoms with Gasteiger partial charge in [0.05, 0.1) is 12.1 Å². The number of nitrogens with one attached hydrogen (secondary N) is 1. The van der Waals surface area contributed by atoms with Gasteiger partial charge in [0.25, 0.3) is 5.91 Å². The lowest BCUT2D eigenvalue weighted by Gasteiger charge is -2.29. The average Bonchev–Trinajstić information content (AvgIpc) is 2.92. The van der Waals surface area contributed by atoms with Crippen molar-refractivity contribution in [3.63, 3.8) is 0 Å². The summed E-state index contributed by atoms with van der Waals surface area (Å²) in [6.45, 7) is 0. The SMILES string of the molecule is O=C1N[C@H]2CCC[C@@H]2n2c1cc1cnc(Cl)nc12. The Bertz CT molecular complexity index is 665. The van der Waals surface area contributed by atoms with Crippen molar-refractivity contribution in [3.05, 3.63) is 23.2 Å². The predicted octanol–water partition coefficient (Wildman–Crippen LogP) is 1.92. The number of hydrogen-bond donors (Lipinski definition) is 1. The molecule has 0 saturated heterocycles. The fourth-order valence-electron chi connectivity index (χ4n) is 3.16. The number of hydrogen-bond acceptors (Lipinski definition) is 3. The second-order valence-electron chi connectivity index (χ2n) is 4.90. The number of halogens is 1. The smallest absolute Gasteiger partial charge is 0.268 e. The van der Waals surface area contributed by atoms with Crippen molar-refractivity contribution >= 4 is 28.5 Å². The van der Waals surface area contributed by atoms with Crippen LogP contribution in [0.2, 0.25) is 5.28 Å². The molecule has 1 aliphatic heterocycles. The Morgan fingerprint density at radius 2 is 2.33 bits per heavy atom. The van der Waals surface area contributed by atoms with Gasteiger partial charge in [-0.3, -0.25) is 4.79 Å². The minimum absolute atomic E-state index is 0.0210. The van der Waals surface area contributed by atoms with E-state index in [0.29, 0.717) is 11.7 Å². The zero-order chi connectivity index (χ0) is 12.3. The summed E-state index contributed by atoms with van der Waals surface area (Å²) in [4.78, 5) is 20.3. The number of fused-ring (bicyclic) bond motifs is 5. The summed E-state index contributed by atoms with van der Waals surface area (Å²) in [5.41, 5.74) is 1.45. The van der Waals surface area contributed by atoms with Crippen molar-refractivity contribution in [3.8, 4) is 0 Å². The van der Waals surface area contributed by atoms with Crippen LogP contribution in [-0.4, -0.2) is 26.5 Å². The first kappa shape index (κ1) is 10.3. The molecule has 0 aromatic carbocycles. The van der Waals surface area contributed by atoms with Gasteiger partial charge in [0.2, 0.25) is 5.28 Å². The Hall–Kier alpha value is -1.62. The Morgan fingerprint density at radius 3 is 3.22 bits per heavy atom. The largest absolute Gasteiger partial charge is 0.346 e. The summed E-state index contributed by atoms with van der Waals surface area (Å²) >= 11 is 5.86. The maximum Gasteiger partial charge on any atom is 0.268 e. The molecule has 2 aromatic heterocycles. The van der Waals surface area contributed by atoms with Gasteiger partial charge in [0, 0.05) is 11.6 Å². The van der Waals surface area contributed by atoms with Gasteiger partial charge >= 0.3 is 0 Å². The van der Waals surface area contributed by atoms with Crippen LogP contribution in [0.25, 0.3) is 11.0 Å². The lowest BCUT2D eigenvalue weighted by Crippen LogP contribution is -2.44. The normalized spacial score (nSPS) is 25.9. The van der Waals surface area contributed by atoms with Crippen molar-refractivity contribution in [1.29, 1.82) is 0 Å². The van der Waals surface area contributed by atoms with Gasteiger partial charge in [-0.2, -0.15) is 4.98 Å². The van der Waals surface area contributed by atoms with E-state index < -0.39 is 0 Å². The van der Waals surface area contributed by atoms with Gasteiger partial charge in [-0.1, -0.05) is 0 Å². The molecule has 1 aliphatic carbocycles. The Labute approximate surface area is 108 Å². The van der Waals surface area contributed by atoms with Crippen LogP contribution in [-0.2, 0) is 0 Å². The molecule has 92 valence electrons. The first-order valence-corrected chi connectivity index (χ1v) is 6.46. The van der Waals surface area contributed by atoms with E-state index >= 15 is 0 Å². The fraction of sp³-hybridized carbons (Fsp3) is 0.417. The van der Waals surface area contributed by atoms with E-state index in [2.05, 4.69) is 15.3 Å². The summed E-state index contributed by atoms with van der Waals surface area (Å²) in [7, 11) is 0. The number of carbonyl (C=O) groups is 1. The van der Waals surface area contributed by atoms with Crippen LogP contribution in [0.3, 0.4) is 0 Å². The minimum Gasteiger partial charge on any atom is -0.346 e. The number of rotatable bonds is 0. The van der Waals surface area contributed by atoms with Crippen LogP contribution in [0.5, 0.6) is 0 Å². The molecule has 0 radical (unpaired) electrons. The Morgan fingerprint density at radius 1 is 1.44 bits per heavy atom. The Kier molecular flexibility index (Phi) is 1.97. The van der Waals surface area contributed by atoms with Gasteiger partial charge in [0.15, 0.2) is 0 Å². The van der Waals surface area contributed by atoms with E-state index in [1.165, 1.54) is 0 Å². The quantitative estimate of drug-likeness (QED) is 0.738. The van der Waals surface area contributed by atoms with Crippen molar-refractivity contribution in [1.82, 2.24) is 19.9 Å². The van der Waals surface area contributed by atoms with Crippen molar-refractivity contribution < 1.29 is 4.79 Å². The van der Waals surface area contributed by atoms with Crippen molar-refractivity contribution in [2.24, 2.45) is 0 Å². The number of nitrogens with zero attached hydrogens (tertiary/aromatic N) is 3. The molecular weight excluding hydrogens is 252 g/mol. The van der Waals surface area contributed by atoms with E-state index in [1.807, 2.05) is 10.6 Å². The highest BCUT2D eigenvalue weighted by atomic mass is 35.5. The molecule has 3 heterocycles. The van der Waals surface area contributed by atoms with Gasteiger partial charge in [-0.15, -0.1) is 0 Å². The highest BCUT2D eigenvalue weighted by Crippen LogP contribution is 2.37. The number of carbonyl (C=O) groups excluding carboxylic acids is 1. The van der Waals surface area contributed by atoms with E-state index in [9.17, 15) is 4.79 Å². The number of amides is 1. The highest BCUT2D eigenvalue weighted by Gasteiger charge is 2.38. The summed E-state index contributed by atoms with van der Waals surface area (Å²) in [6.07, 6.45) is 4.92. The monoisotopic (exact) mass is 262 g/mol.